The number of rotatable bonds is 6. The molecule has 3 aliphatic rings. The second-order valence-corrected chi connectivity index (χ2v) is 10.2. The van der Waals surface area contributed by atoms with Crippen molar-refractivity contribution < 1.29 is 0 Å². The van der Waals surface area contributed by atoms with E-state index in [4.69, 9.17) is 4.98 Å². The molecule has 0 unspecified atom stereocenters. The largest absolute Gasteiger partial charge is 0.371 e. The Bertz CT molecular complexity index is 964. The molecule has 168 valence electrons. The van der Waals surface area contributed by atoms with Crippen LogP contribution in [0.1, 0.15) is 76.2 Å². The van der Waals surface area contributed by atoms with Gasteiger partial charge in [0.05, 0.1) is 5.39 Å². The standard InChI is InChI=1S/C26H38N4O/c1-19-15-24(29-13-7-2-8-14-29)28-26-25(19)22(31)16-23(27-17-20-9-3-4-10-20)30(26)18-21-11-5-6-12-21/h15-16,20-21,27H,2-14,17-18H2,1H3. The number of hydrogen-bond donors (Lipinski definition) is 1. The number of anilines is 2. The molecule has 0 amide bonds. The van der Waals surface area contributed by atoms with Crippen molar-refractivity contribution in [1.29, 1.82) is 0 Å². The molecular formula is C26H38N4O. The molecule has 3 fully saturated rings. The molecular weight excluding hydrogens is 384 g/mol. The molecule has 0 atom stereocenters. The summed E-state index contributed by atoms with van der Waals surface area (Å²) in [6.07, 6.45) is 14.3. The number of hydrogen-bond acceptors (Lipinski definition) is 4. The van der Waals surface area contributed by atoms with Crippen molar-refractivity contribution in [2.24, 2.45) is 11.8 Å². The van der Waals surface area contributed by atoms with Crippen molar-refractivity contribution in [3.8, 4) is 0 Å². The zero-order valence-corrected chi connectivity index (χ0v) is 19.2. The van der Waals surface area contributed by atoms with Crippen LogP contribution in [0.3, 0.4) is 0 Å². The number of aromatic nitrogens is 2. The van der Waals surface area contributed by atoms with Gasteiger partial charge >= 0.3 is 0 Å². The van der Waals surface area contributed by atoms with Gasteiger partial charge in [-0.2, -0.15) is 0 Å². The Morgan fingerprint density at radius 1 is 0.935 bits per heavy atom. The Balaban J connectivity index is 1.57. The zero-order chi connectivity index (χ0) is 21.2. The first kappa shape index (κ1) is 20.8. The maximum atomic E-state index is 13.2. The van der Waals surface area contributed by atoms with Gasteiger partial charge in [-0.15, -0.1) is 0 Å². The highest BCUT2D eigenvalue weighted by Gasteiger charge is 2.22. The lowest BCUT2D eigenvalue weighted by atomic mass is 10.1. The number of nitrogens with one attached hydrogen (secondary N) is 1. The summed E-state index contributed by atoms with van der Waals surface area (Å²) in [6, 6.07) is 3.99. The Kier molecular flexibility index (Phi) is 6.20. The van der Waals surface area contributed by atoms with Crippen molar-refractivity contribution in [3.05, 3.63) is 27.9 Å². The van der Waals surface area contributed by atoms with E-state index in [9.17, 15) is 4.79 Å². The van der Waals surface area contributed by atoms with Crippen LogP contribution in [0.15, 0.2) is 16.9 Å². The average Bonchev–Trinajstić information content (AvgIpc) is 3.49. The Morgan fingerprint density at radius 2 is 1.61 bits per heavy atom. The topological polar surface area (TPSA) is 50.2 Å². The summed E-state index contributed by atoms with van der Waals surface area (Å²) in [4.78, 5) is 20.8. The fourth-order valence-corrected chi connectivity index (χ4v) is 6.06. The minimum absolute atomic E-state index is 0.113. The molecule has 5 rings (SSSR count). The van der Waals surface area contributed by atoms with Gasteiger partial charge in [-0.05, 0) is 75.3 Å². The van der Waals surface area contributed by atoms with E-state index in [1.807, 2.05) is 6.07 Å². The van der Waals surface area contributed by atoms with Gasteiger partial charge in [-0.25, -0.2) is 4.98 Å². The first-order valence-corrected chi connectivity index (χ1v) is 12.7. The average molecular weight is 423 g/mol. The van der Waals surface area contributed by atoms with Crippen molar-refractivity contribution >= 4 is 22.7 Å². The lowest BCUT2D eigenvalue weighted by Crippen LogP contribution is -2.30. The number of nitrogens with zero attached hydrogens (tertiary/aromatic N) is 3. The van der Waals surface area contributed by atoms with Crippen LogP contribution < -0.4 is 15.6 Å². The molecule has 1 N–H and O–H groups in total. The van der Waals surface area contributed by atoms with Crippen molar-refractivity contribution in [2.75, 3.05) is 29.9 Å². The third-order valence-corrected chi connectivity index (χ3v) is 7.89. The van der Waals surface area contributed by atoms with Gasteiger partial charge in [0.25, 0.3) is 0 Å². The van der Waals surface area contributed by atoms with E-state index in [1.165, 1.54) is 70.6 Å². The monoisotopic (exact) mass is 422 g/mol. The van der Waals surface area contributed by atoms with Gasteiger partial charge in [-0.3, -0.25) is 4.79 Å². The number of piperidine rings is 1. The molecule has 1 saturated heterocycles. The molecule has 5 nitrogen and oxygen atoms in total. The third kappa shape index (κ3) is 4.47. The molecule has 2 aromatic rings. The Morgan fingerprint density at radius 3 is 2.32 bits per heavy atom. The summed E-state index contributed by atoms with van der Waals surface area (Å²) in [5, 5.41) is 4.50. The molecule has 2 aliphatic carbocycles. The zero-order valence-electron chi connectivity index (χ0n) is 19.2. The summed E-state index contributed by atoms with van der Waals surface area (Å²) in [7, 11) is 0. The van der Waals surface area contributed by atoms with Gasteiger partial charge in [0, 0.05) is 32.2 Å². The highest BCUT2D eigenvalue weighted by molar-refractivity contribution is 5.83. The normalized spacial score (nSPS) is 20.7. The maximum absolute atomic E-state index is 13.2. The van der Waals surface area contributed by atoms with Crippen LogP contribution in [-0.4, -0.2) is 29.2 Å². The maximum Gasteiger partial charge on any atom is 0.193 e. The first-order chi connectivity index (χ1) is 15.2. The number of aryl methyl sites for hydroxylation is 1. The van der Waals surface area contributed by atoms with Crippen LogP contribution in [0.5, 0.6) is 0 Å². The third-order valence-electron chi connectivity index (χ3n) is 7.89. The highest BCUT2D eigenvalue weighted by Crippen LogP contribution is 2.31. The molecule has 0 bridgehead atoms. The predicted octanol–water partition coefficient (Wildman–Crippen LogP) is 5.49. The fraction of sp³-hybridized carbons (Fsp3) is 0.692. The molecule has 3 heterocycles. The quantitative estimate of drug-likeness (QED) is 0.669. The fourth-order valence-electron chi connectivity index (χ4n) is 6.06. The van der Waals surface area contributed by atoms with E-state index in [0.29, 0.717) is 5.92 Å². The number of pyridine rings is 2. The van der Waals surface area contributed by atoms with Crippen LogP contribution >= 0.6 is 0 Å². The van der Waals surface area contributed by atoms with Crippen LogP contribution in [0.4, 0.5) is 11.6 Å². The van der Waals surface area contributed by atoms with Crippen molar-refractivity contribution in [2.45, 2.75) is 84.1 Å². The van der Waals surface area contributed by atoms with Gasteiger partial charge in [0.1, 0.15) is 17.3 Å². The van der Waals surface area contributed by atoms with Gasteiger partial charge in [0.15, 0.2) is 5.43 Å². The molecule has 2 aromatic heterocycles. The van der Waals surface area contributed by atoms with Crippen LogP contribution in [0, 0.1) is 18.8 Å². The minimum Gasteiger partial charge on any atom is -0.371 e. The van der Waals surface area contributed by atoms with Gasteiger partial charge < -0.3 is 14.8 Å². The lowest BCUT2D eigenvalue weighted by molar-refractivity contribution is 0.463. The Hall–Kier alpha value is -2.04. The SMILES string of the molecule is Cc1cc(N2CCCCC2)nc2c1c(=O)cc(NCC1CCCC1)n2CC1CCCC1. The van der Waals surface area contributed by atoms with E-state index in [2.05, 4.69) is 27.8 Å². The summed E-state index contributed by atoms with van der Waals surface area (Å²) in [5.41, 5.74) is 2.08. The van der Waals surface area contributed by atoms with Crippen LogP contribution in [0.2, 0.25) is 0 Å². The van der Waals surface area contributed by atoms with Gasteiger partial charge in [-0.1, -0.05) is 25.7 Å². The molecule has 0 radical (unpaired) electrons. The second kappa shape index (κ2) is 9.22. The summed E-state index contributed by atoms with van der Waals surface area (Å²) in [6.45, 7) is 6.18. The summed E-state index contributed by atoms with van der Waals surface area (Å²) < 4.78 is 2.36. The molecule has 0 spiro atoms. The molecule has 31 heavy (non-hydrogen) atoms. The first-order valence-electron chi connectivity index (χ1n) is 12.7. The summed E-state index contributed by atoms with van der Waals surface area (Å²) >= 11 is 0. The summed E-state index contributed by atoms with van der Waals surface area (Å²) in [5.74, 6) is 3.47. The minimum atomic E-state index is 0.113. The van der Waals surface area contributed by atoms with E-state index in [0.717, 1.165) is 60.3 Å². The molecule has 0 aromatic carbocycles. The van der Waals surface area contributed by atoms with Crippen LogP contribution in [0.25, 0.3) is 11.0 Å². The second-order valence-electron chi connectivity index (χ2n) is 10.2. The van der Waals surface area contributed by atoms with E-state index in [-0.39, 0.29) is 5.43 Å². The van der Waals surface area contributed by atoms with Crippen molar-refractivity contribution in [3.63, 3.8) is 0 Å². The smallest absolute Gasteiger partial charge is 0.193 e. The highest BCUT2D eigenvalue weighted by atomic mass is 16.1. The van der Waals surface area contributed by atoms with Crippen LogP contribution in [-0.2, 0) is 6.54 Å². The number of fused-ring (bicyclic) bond motifs is 1. The molecule has 2 saturated carbocycles. The van der Waals surface area contributed by atoms with E-state index in [1.54, 1.807) is 0 Å². The Labute approximate surface area is 186 Å². The molecule has 5 heteroatoms. The van der Waals surface area contributed by atoms with E-state index < -0.39 is 0 Å². The van der Waals surface area contributed by atoms with Crippen molar-refractivity contribution in [1.82, 2.24) is 9.55 Å². The van der Waals surface area contributed by atoms with E-state index >= 15 is 0 Å². The van der Waals surface area contributed by atoms with Gasteiger partial charge in [0.2, 0.25) is 0 Å². The molecule has 1 aliphatic heterocycles. The lowest BCUT2D eigenvalue weighted by Gasteiger charge is -2.29. The predicted molar refractivity (Wildman–Crippen MR) is 129 cm³/mol.